The lowest BCUT2D eigenvalue weighted by atomic mass is 10.2. The van der Waals surface area contributed by atoms with Crippen LogP contribution in [-0.2, 0) is 9.47 Å². The summed E-state index contributed by atoms with van der Waals surface area (Å²) in [7, 11) is 1.26. The lowest BCUT2D eigenvalue weighted by molar-refractivity contribution is 0.0293. The number of benzene rings is 1. The molecule has 2 aromatic rings. The topological polar surface area (TPSA) is 123 Å². The standard InChI is InChI=1S/C22H27N5O4/c1-22(2,3)31-21(29)26-10-9-16(13-26)25-15-5-7-17(8-6-15)27-12-14(11-23)18(24)19(27)20(28)30-4/h5-8,12,16,25H,9-10,13,24H2,1-4H3. The molecule has 1 aromatic heterocycles. The number of amides is 1. The molecule has 1 amide bonds. The Morgan fingerprint density at radius 3 is 2.52 bits per heavy atom. The molecule has 0 saturated carbocycles. The van der Waals surface area contributed by atoms with E-state index >= 15 is 0 Å². The molecular weight excluding hydrogens is 398 g/mol. The van der Waals surface area contributed by atoms with Crippen molar-refractivity contribution in [3.8, 4) is 11.8 Å². The van der Waals surface area contributed by atoms with Crippen LogP contribution in [-0.4, -0.2) is 53.4 Å². The lowest BCUT2D eigenvalue weighted by Crippen LogP contribution is -2.36. The van der Waals surface area contributed by atoms with E-state index in [2.05, 4.69) is 5.32 Å². The van der Waals surface area contributed by atoms with Crippen molar-refractivity contribution in [1.82, 2.24) is 9.47 Å². The number of nitrogen functional groups attached to an aromatic ring is 1. The average Bonchev–Trinajstić information content (AvgIpc) is 3.31. The van der Waals surface area contributed by atoms with Crippen LogP contribution in [0.4, 0.5) is 16.2 Å². The number of nitriles is 1. The lowest BCUT2D eigenvalue weighted by Gasteiger charge is -2.24. The average molecular weight is 425 g/mol. The minimum Gasteiger partial charge on any atom is -0.464 e. The quantitative estimate of drug-likeness (QED) is 0.722. The first-order chi connectivity index (χ1) is 14.6. The van der Waals surface area contributed by atoms with Crippen molar-refractivity contribution < 1.29 is 19.1 Å². The molecule has 0 aliphatic carbocycles. The number of nitrogens with one attached hydrogen (secondary N) is 1. The highest BCUT2D eigenvalue weighted by atomic mass is 16.6. The number of hydrogen-bond donors (Lipinski definition) is 2. The fraction of sp³-hybridized carbons (Fsp3) is 0.409. The molecule has 31 heavy (non-hydrogen) atoms. The van der Waals surface area contributed by atoms with Crippen LogP contribution in [0.25, 0.3) is 5.69 Å². The number of carbonyl (C=O) groups excluding carboxylic acids is 2. The summed E-state index contributed by atoms with van der Waals surface area (Å²) in [5.41, 5.74) is 7.37. The van der Waals surface area contributed by atoms with Crippen molar-refractivity contribution in [2.45, 2.75) is 38.8 Å². The SMILES string of the molecule is COC(=O)c1c(N)c(C#N)cn1-c1ccc(NC2CCN(C(=O)OC(C)(C)C)C2)cc1. The Bertz CT molecular complexity index is 1010. The van der Waals surface area contributed by atoms with E-state index in [1.165, 1.54) is 13.3 Å². The van der Waals surface area contributed by atoms with Crippen molar-refractivity contribution in [3.05, 3.63) is 41.7 Å². The summed E-state index contributed by atoms with van der Waals surface area (Å²) < 4.78 is 11.8. The first-order valence-electron chi connectivity index (χ1n) is 9.97. The number of nitrogens with zero attached hydrogens (tertiary/aromatic N) is 3. The fourth-order valence-electron chi connectivity index (χ4n) is 3.44. The number of rotatable bonds is 4. The van der Waals surface area contributed by atoms with E-state index in [9.17, 15) is 14.9 Å². The van der Waals surface area contributed by atoms with Crippen LogP contribution in [0.15, 0.2) is 30.5 Å². The number of carbonyl (C=O) groups is 2. The Labute approximate surface area is 181 Å². The number of ether oxygens (including phenoxy) is 2. The second-order valence-corrected chi connectivity index (χ2v) is 8.38. The fourth-order valence-corrected chi connectivity index (χ4v) is 3.44. The molecule has 1 unspecified atom stereocenters. The van der Waals surface area contributed by atoms with Gasteiger partial charge in [-0.15, -0.1) is 0 Å². The van der Waals surface area contributed by atoms with Gasteiger partial charge in [0.2, 0.25) is 0 Å². The third-order valence-electron chi connectivity index (χ3n) is 4.90. The van der Waals surface area contributed by atoms with Gasteiger partial charge in [0.1, 0.15) is 11.7 Å². The highest BCUT2D eigenvalue weighted by Crippen LogP contribution is 2.26. The van der Waals surface area contributed by atoms with Gasteiger partial charge in [-0.25, -0.2) is 9.59 Å². The number of nitrogens with two attached hydrogens (primary N) is 1. The van der Waals surface area contributed by atoms with Crippen molar-refractivity contribution in [2.24, 2.45) is 0 Å². The molecule has 2 heterocycles. The zero-order valence-corrected chi connectivity index (χ0v) is 18.1. The predicted octanol–water partition coefficient (Wildman–Crippen LogP) is 3.14. The van der Waals surface area contributed by atoms with Crippen molar-refractivity contribution in [3.63, 3.8) is 0 Å². The van der Waals surface area contributed by atoms with Crippen LogP contribution in [0.1, 0.15) is 43.2 Å². The summed E-state index contributed by atoms with van der Waals surface area (Å²) in [4.78, 5) is 26.1. The molecule has 164 valence electrons. The first kappa shape index (κ1) is 22.0. The molecule has 0 spiro atoms. The molecule has 1 fully saturated rings. The Morgan fingerprint density at radius 2 is 1.94 bits per heavy atom. The van der Waals surface area contributed by atoms with E-state index in [0.29, 0.717) is 18.8 Å². The number of esters is 1. The molecule has 0 radical (unpaired) electrons. The molecule has 3 N–H and O–H groups in total. The monoisotopic (exact) mass is 425 g/mol. The van der Waals surface area contributed by atoms with Crippen molar-refractivity contribution >= 4 is 23.4 Å². The molecule has 1 atom stereocenters. The van der Waals surface area contributed by atoms with E-state index in [1.807, 2.05) is 51.1 Å². The number of methoxy groups -OCH3 is 1. The van der Waals surface area contributed by atoms with Gasteiger partial charge in [0.15, 0.2) is 5.69 Å². The maximum atomic E-state index is 12.2. The minimum absolute atomic E-state index is 0.0877. The summed E-state index contributed by atoms with van der Waals surface area (Å²) in [6, 6.07) is 9.46. The number of anilines is 2. The number of aromatic nitrogens is 1. The van der Waals surface area contributed by atoms with Gasteiger partial charge < -0.3 is 30.0 Å². The van der Waals surface area contributed by atoms with Gasteiger partial charge in [-0.1, -0.05) is 0 Å². The highest BCUT2D eigenvalue weighted by Gasteiger charge is 2.29. The van der Waals surface area contributed by atoms with Gasteiger partial charge in [-0.05, 0) is 51.5 Å². The van der Waals surface area contributed by atoms with Gasteiger partial charge in [-0.3, -0.25) is 0 Å². The Balaban J connectivity index is 1.70. The number of likely N-dealkylation sites (tertiary alicyclic amines) is 1. The zero-order valence-electron chi connectivity index (χ0n) is 18.1. The van der Waals surface area contributed by atoms with Crippen LogP contribution in [0.3, 0.4) is 0 Å². The maximum absolute atomic E-state index is 12.2. The van der Waals surface area contributed by atoms with Crippen LogP contribution < -0.4 is 11.1 Å². The van der Waals surface area contributed by atoms with Gasteiger partial charge in [-0.2, -0.15) is 5.26 Å². The van der Waals surface area contributed by atoms with Crippen LogP contribution >= 0.6 is 0 Å². The Morgan fingerprint density at radius 1 is 1.26 bits per heavy atom. The maximum Gasteiger partial charge on any atom is 0.410 e. The molecule has 3 rings (SSSR count). The van der Waals surface area contributed by atoms with Gasteiger partial charge in [0.05, 0.1) is 18.4 Å². The largest absolute Gasteiger partial charge is 0.464 e. The summed E-state index contributed by atoms with van der Waals surface area (Å²) >= 11 is 0. The van der Waals surface area contributed by atoms with E-state index in [0.717, 1.165) is 12.1 Å². The van der Waals surface area contributed by atoms with Gasteiger partial charge >= 0.3 is 12.1 Å². The van der Waals surface area contributed by atoms with Gasteiger partial charge in [0.25, 0.3) is 0 Å². The van der Waals surface area contributed by atoms with Gasteiger partial charge in [0, 0.05) is 36.7 Å². The second-order valence-electron chi connectivity index (χ2n) is 8.38. The molecule has 0 bridgehead atoms. The third kappa shape index (κ3) is 4.91. The normalized spacial score (nSPS) is 16.0. The molecule has 1 aliphatic heterocycles. The van der Waals surface area contributed by atoms with E-state index in [1.54, 1.807) is 9.47 Å². The number of hydrogen-bond acceptors (Lipinski definition) is 7. The minimum atomic E-state index is -0.616. The Kier molecular flexibility index (Phi) is 6.11. The Hall–Kier alpha value is -3.67. The summed E-state index contributed by atoms with van der Waals surface area (Å²) in [5, 5.41) is 12.7. The predicted molar refractivity (Wildman–Crippen MR) is 116 cm³/mol. The molecule has 9 heteroatoms. The molecular formula is C22H27N5O4. The smallest absolute Gasteiger partial charge is 0.410 e. The van der Waals surface area contributed by atoms with E-state index < -0.39 is 11.6 Å². The third-order valence-corrected chi connectivity index (χ3v) is 4.90. The summed E-state index contributed by atoms with van der Waals surface area (Å²) in [5.74, 6) is -0.616. The van der Waals surface area contributed by atoms with Crippen molar-refractivity contribution in [1.29, 1.82) is 5.26 Å². The molecule has 1 saturated heterocycles. The van der Waals surface area contributed by atoms with Crippen molar-refractivity contribution in [2.75, 3.05) is 31.2 Å². The van der Waals surface area contributed by atoms with Crippen LogP contribution in [0.2, 0.25) is 0 Å². The molecule has 1 aromatic carbocycles. The summed E-state index contributed by atoms with van der Waals surface area (Å²) in [6.45, 7) is 6.74. The second kappa shape index (κ2) is 8.60. The van der Waals surface area contributed by atoms with Crippen LogP contribution in [0, 0.1) is 11.3 Å². The molecule has 1 aliphatic rings. The zero-order chi connectivity index (χ0) is 22.8. The van der Waals surface area contributed by atoms with E-state index in [-0.39, 0.29) is 29.1 Å². The highest BCUT2D eigenvalue weighted by molar-refractivity contribution is 5.96. The summed E-state index contributed by atoms with van der Waals surface area (Å²) in [6.07, 6.45) is 2.02. The molecule has 9 nitrogen and oxygen atoms in total. The van der Waals surface area contributed by atoms with E-state index in [4.69, 9.17) is 15.2 Å². The first-order valence-corrected chi connectivity index (χ1v) is 9.97. The van der Waals surface area contributed by atoms with Crippen LogP contribution in [0.5, 0.6) is 0 Å².